The smallest absolute Gasteiger partial charge is 0.259 e. The topological polar surface area (TPSA) is 54.0 Å². The number of aromatic nitrogens is 1. The summed E-state index contributed by atoms with van der Waals surface area (Å²) in [5, 5.41) is 6.02. The van der Waals surface area contributed by atoms with E-state index in [0.717, 1.165) is 36.3 Å². The number of halogens is 1. The van der Waals surface area contributed by atoms with Gasteiger partial charge in [-0.2, -0.15) is 0 Å². The Hall–Kier alpha value is -2.27. The molecule has 1 aliphatic heterocycles. The molecule has 5 heteroatoms. The van der Waals surface area contributed by atoms with Crippen molar-refractivity contribution in [2.75, 3.05) is 6.54 Å². The summed E-state index contributed by atoms with van der Waals surface area (Å²) < 4.78 is 14.2. The average Bonchev–Trinajstić information content (AvgIpc) is 2.60. The Balaban J connectivity index is 1.72. The normalized spacial score (nSPS) is 14.9. The number of hydrogen-bond acceptors (Lipinski definition) is 3. The van der Waals surface area contributed by atoms with E-state index in [2.05, 4.69) is 15.6 Å². The number of hydrogen-bond donors (Lipinski definition) is 2. The van der Waals surface area contributed by atoms with Crippen molar-refractivity contribution in [2.24, 2.45) is 0 Å². The maximum atomic E-state index is 14.2. The van der Waals surface area contributed by atoms with Crippen LogP contribution in [0.15, 0.2) is 36.5 Å². The van der Waals surface area contributed by atoms with Crippen LogP contribution >= 0.6 is 0 Å². The highest BCUT2D eigenvalue weighted by atomic mass is 19.1. The van der Waals surface area contributed by atoms with Crippen molar-refractivity contribution in [1.82, 2.24) is 15.6 Å². The first kappa shape index (κ1) is 15.6. The van der Waals surface area contributed by atoms with Crippen molar-refractivity contribution in [1.29, 1.82) is 0 Å². The summed E-state index contributed by atoms with van der Waals surface area (Å²) >= 11 is 0. The number of benzene rings is 1. The van der Waals surface area contributed by atoms with E-state index in [9.17, 15) is 9.18 Å². The van der Waals surface area contributed by atoms with Gasteiger partial charge < -0.3 is 10.6 Å². The number of alkyl halides is 1. The van der Waals surface area contributed by atoms with Gasteiger partial charge >= 0.3 is 0 Å². The van der Waals surface area contributed by atoms with Gasteiger partial charge in [-0.3, -0.25) is 9.78 Å². The minimum absolute atomic E-state index is 0.314. The van der Waals surface area contributed by atoms with Gasteiger partial charge in [-0.15, -0.1) is 0 Å². The predicted molar refractivity (Wildman–Crippen MR) is 86.5 cm³/mol. The molecule has 23 heavy (non-hydrogen) atoms. The quantitative estimate of drug-likeness (QED) is 0.911. The van der Waals surface area contributed by atoms with Crippen LogP contribution in [0.1, 0.15) is 34.1 Å². The lowest BCUT2D eigenvalue weighted by Gasteiger charge is -2.22. The summed E-state index contributed by atoms with van der Waals surface area (Å²) in [4.78, 5) is 16.5. The van der Waals surface area contributed by atoms with Gasteiger partial charge in [0.2, 0.25) is 6.17 Å². The second-order valence-electron chi connectivity index (χ2n) is 5.74. The van der Waals surface area contributed by atoms with Gasteiger partial charge in [-0.1, -0.05) is 30.3 Å². The third-order valence-corrected chi connectivity index (χ3v) is 4.23. The number of carbonyl (C=O) groups excluding carboxylic acids is 1. The van der Waals surface area contributed by atoms with E-state index in [1.54, 1.807) is 30.3 Å². The number of pyridine rings is 1. The van der Waals surface area contributed by atoms with Crippen LogP contribution in [0, 0.1) is 6.92 Å². The van der Waals surface area contributed by atoms with Gasteiger partial charge in [0.25, 0.3) is 5.91 Å². The van der Waals surface area contributed by atoms with Crippen LogP contribution in [-0.4, -0.2) is 17.4 Å². The van der Waals surface area contributed by atoms with Gasteiger partial charge in [-0.05, 0) is 42.1 Å². The van der Waals surface area contributed by atoms with Crippen LogP contribution in [0.4, 0.5) is 4.39 Å². The van der Waals surface area contributed by atoms with Gasteiger partial charge in [0.05, 0.1) is 0 Å². The van der Waals surface area contributed by atoms with E-state index < -0.39 is 12.1 Å². The van der Waals surface area contributed by atoms with Gasteiger partial charge in [0.15, 0.2) is 0 Å². The number of carbonyl (C=O) groups is 1. The van der Waals surface area contributed by atoms with Crippen LogP contribution in [0.5, 0.6) is 0 Å². The summed E-state index contributed by atoms with van der Waals surface area (Å²) in [6.45, 7) is 3.94. The number of nitrogens with zero attached hydrogens (tertiary/aromatic N) is 1. The highest BCUT2D eigenvalue weighted by Crippen LogP contribution is 2.21. The van der Waals surface area contributed by atoms with Crippen molar-refractivity contribution in [3.05, 3.63) is 64.5 Å². The van der Waals surface area contributed by atoms with Crippen molar-refractivity contribution >= 4 is 5.91 Å². The molecule has 2 N–H and O–H groups in total. The molecule has 3 rings (SSSR count). The number of fused-ring (bicyclic) bond motifs is 1. The molecule has 0 bridgehead atoms. The summed E-state index contributed by atoms with van der Waals surface area (Å²) in [6, 6.07) is 8.49. The predicted octanol–water partition coefficient (Wildman–Crippen LogP) is 2.36. The summed E-state index contributed by atoms with van der Waals surface area (Å²) in [5.74, 6) is -0.609. The molecule has 1 aromatic heterocycles. The molecule has 2 aromatic rings. The van der Waals surface area contributed by atoms with Crippen molar-refractivity contribution in [3.63, 3.8) is 0 Å². The molecule has 0 fully saturated rings. The SMILES string of the molecule is Cc1ncc2c(c1CNC(=O)[C@H](F)c1ccccc1)CCNC2. The second-order valence-corrected chi connectivity index (χ2v) is 5.74. The molecule has 1 atom stereocenters. The Morgan fingerprint density at radius 3 is 2.96 bits per heavy atom. The van der Waals surface area contributed by atoms with Crippen LogP contribution in [0.3, 0.4) is 0 Å². The molecule has 1 amide bonds. The highest BCUT2D eigenvalue weighted by molar-refractivity contribution is 5.82. The van der Waals surface area contributed by atoms with Crippen LogP contribution in [0.25, 0.3) is 0 Å². The zero-order chi connectivity index (χ0) is 16.2. The third-order valence-electron chi connectivity index (χ3n) is 4.23. The largest absolute Gasteiger partial charge is 0.349 e. The van der Waals surface area contributed by atoms with E-state index in [4.69, 9.17) is 0 Å². The Bertz CT molecular complexity index is 703. The molecule has 0 aliphatic carbocycles. The fourth-order valence-corrected chi connectivity index (χ4v) is 2.92. The van der Waals surface area contributed by atoms with E-state index in [0.29, 0.717) is 12.1 Å². The number of rotatable bonds is 4. The number of amides is 1. The van der Waals surface area contributed by atoms with Gasteiger partial charge in [0.1, 0.15) is 0 Å². The Morgan fingerprint density at radius 2 is 2.17 bits per heavy atom. The van der Waals surface area contributed by atoms with Crippen molar-refractivity contribution in [3.8, 4) is 0 Å². The molecule has 4 nitrogen and oxygen atoms in total. The Morgan fingerprint density at radius 1 is 1.39 bits per heavy atom. The van der Waals surface area contributed by atoms with Gasteiger partial charge in [0, 0.05) is 25.0 Å². The first-order valence-electron chi connectivity index (χ1n) is 7.80. The second kappa shape index (κ2) is 6.87. The molecular formula is C18H20FN3O. The van der Waals surface area contributed by atoms with Crippen LogP contribution in [-0.2, 0) is 24.3 Å². The molecule has 2 heterocycles. The molecule has 1 aromatic carbocycles. The molecule has 0 saturated carbocycles. The van der Waals surface area contributed by atoms with E-state index in [-0.39, 0.29) is 0 Å². The lowest BCUT2D eigenvalue weighted by atomic mass is 9.96. The summed E-state index contributed by atoms with van der Waals surface area (Å²) in [5.41, 5.74) is 4.66. The Kier molecular flexibility index (Phi) is 4.67. The third kappa shape index (κ3) is 3.40. The summed E-state index contributed by atoms with van der Waals surface area (Å²) in [6.07, 6.45) is 1.14. The summed E-state index contributed by atoms with van der Waals surface area (Å²) in [7, 11) is 0. The highest BCUT2D eigenvalue weighted by Gasteiger charge is 2.21. The Labute approximate surface area is 135 Å². The molecule has 120 valence electrons. The zero-order valence-corrected chi connectivity index (χ0v) is 13.1. The fraction of sp³-hybridized carbons (Fsp3) is 0.333. The lowest BCUT2D eigenvalue weighted by Crippen LogP contribution is -2.30. The van der Waals surface area contributed by atoms with E-state index in [1.807, 2.05) is 13.1 Å². The molecular weight excluding hydrogens is 293 g/mol. The van der Waals surface area contributed by atoms with E-state index in [1.165, 1.54) is 5.56 Å². The number of nitrogens with one attached hydrogen (secondary N) is 2. The standard InChI is InChI=1S/C18H20FN3O/c1-12-16(15-7-8-20-9-14(15)10-21-12)11-22-18(23)17(19)13-5-3-2-4-6-13/h2-6,10,17,20H,7-9,11H2,1H3,(H,22,23)/t17-/m1/s1. The molecule has 0 unspecified atom stereocenters. The first-order chi connectivity index (χ1) is 11.2. The van der Waals surface area contributed by atoms with Gasteiger partial charge in [-0.25, -0.2) is 4.39 Å². The lowest BCUT2D eigenvalue weighted by molar-refractivity contribution is -0.126. The molecule has 1 aliphatic rings. The zero-order valence-electron chi connectivity index (χ0n) is 13.1. The molecule has 0 spiro atoms. The first-order valence-corrected chi connectivity index (χ1v) is 7.80. The monoisotopic (exact) mass is 313 g/mol. The molecule has 0 saturated heterocycles. The minimum Gasteiger partial charge on any atom is -0.349 e. The van der Waals surface area contributed by atoms with Crippen LogP contribution in [0.2, 0.25) is 0 Å². The average molecular weight is 313 g/mol. The van der Waals surface area contributed by atoms with Crippen LogP contribution < -0.4 is 10.6 Å². The number of aryl methyl sites for hydroxylation is 1. The maximum Gasteiger partial charge on any atom is 0.259 e. The fourth-order valence-electron chi connectivity index (χ4n) is 2.92. The minimum atomic E-state index is -1.65. The van der Waals surface area contributed by atoms with Crippen molar-refractivity contribution in [2.45, 2.75) is 32.6 Å². The molecule has 0 radical (unpaired) electrons. The van der Waals surface area contributed by atoms with E-state index >= 15 is 0 Å². The van der Waals surface area contributed by atoms with Crippen molar-refractivity contribution < 1.29 is 9.18 Å². The maximum absolute atomic E-state index is 14.2.